The lowest BCUT2D eigenvalue weighted by molar-refractivity contribution is -0.142. The first-order valence-electron chi connectivity index (χ1n) is 8.84. The number of hydrogen-bond acceptors (Lipinski definition) is 7. The van der Waals surface area contributed by atoms with Crippen molar-refractivity contribution in [2.75, 3.05) is 19.6 Å². The zero-order chi connectivity index (χ0) is 20.9. The van der Waals surface area contributed by atoms with Crippen LogP contribution in [0.15, 0.2) is 12.5 Å². The minimum absolute atomic E-state index is 0.121. The highest BCUT2D eigenvalue weighted by Crippen LogP contribution is 2.01. The van der Waals surface area contributed by atoms with E-state index in [9.17, 15) is 19.2 Å². The van der Waals surface area contributed by atoms with E-state index in [1.807, 2.05) is 0 Å². The molecule has 0 bridgehead atoms. The van der Waals surface area contributed by atoms with E-state index in [-0.39, 0.29) is 19.4 Å². The number of nitrogens with zero attached hydrogens (tertiary/aromatic N) is 1. The highest BCUT2D eigenvalue weighted by molar-refractivity contribution is 5.92. The smallest absolute Gasteiger partial charge is 0.326 e. The quantitative estimate of drug-likeness (QED) is 0.173. The largest absolute Gasteiger partial charge is 0.480 e. The van der Waals surface area contributed by atoms with Crippen molar-refractivity contribution < 1.29 is 24.3 Å². The molecule has 28 heavy (non-hydrogen) atoms. The molecule has 156 valence electrons. The van der Waals surface area contributed by atoms with Crippen LogP contribution in [0.2, 0.25) is 0 Å². The molecule has 0 aliphatic rings. The molecule has 0 fully saturated rings. The third kappa shape index (κ3) is 8.60. The Morgan fingerprint density at radius 3 is 2.39 bits per heavy atom. The molecule has 1 aromatic rings. The number of H-pyrrole nitrogens is 1. The zero-order valence-corrected chi connectivity index (χ0v) is 15.4. The second-order valence-corrected chi connectivity index (χ2v) is 6.07. The molecule has 0 spiro atoms. The van der Waals surface area contributed by atoms with E-state index in [2.05, 4.69) is 25.9 Å². The Bertz CT molecular complexity index is 650. The van der Waals surface area contributed by atoms with Crippen LogP contribution < -0.4 is 27.4 Å². The summed E-state index contributed by atoms with van der Waals surface area (Å²) in [5.74, 6) is -2.96. The van der Waals surface area contributed by atoms with Gasteiger partial charge in [-0.05, 0) is 25.8 Å². The van der Waals surface area contributed by atoms with E-state index in [0.717, 1.165) is 0 Å². The Kier molecular flexibility index (Phi) is 10.2. The zero-order valence-electron chi connectivity index (χ0n) is 15.4. The van der Waals surface area contributed by atoms with Gasteiger partial charge in [0, 0.05) is 18.3 Å². The standard InChI is InChI=1S/C16H27N7O5/c17-4-2-1-3-11(16(27)28)22-14(25)8-20-15(26)12(23-13(24)6-18)5-10-7-19-9-21-10/h7,9,11-12H,1-6,8,17-18H2,(H,19,21)(H,20,26)(H,22,25)(H,23,24)(H,27,28). The lowest BCUT2D eigenvalue weighted by Crippen LogP contribution is -2.52. The van der Waals surface area contributed by atoms with Crippen LogP contribution in [0.25, 0.3) is 0 Å². The van der Waals surface area contributed by atoms with Crippen molar-refractivity contribution in [3.8, 4) is 0 Å². The summed E-state index contributed by atoms with van der Waals surface area (Å²) in [6, 6.07) is -2.03. The molecule has 1 aromatic heterocycles. The predicted molar refractivity (Wildman–Crippen MR) is 98.8 cm³/mol. The average Bonchev–Trinajstić information content (AvgIpc) is 3.17. The number of aromatic amines is 1. The molecule has 3 amide bonds. The van der Waals surface area contributed by atoms with Gasteiger partial charge in [0.15, 0.2) is 0 Å². The van der Waals surface area contributed by atoms with Crippen LogP contribution >= 0.6 is 0 Å². The molecule has 1 rings (SSSR count). The summed E-state index contributed by atoms with van der Waals surface area (Å²) >= 11 is 0. The third-order valence-corrected chi connectivity index (χ3v) is 3.82. The molecule has 12 heteroatoms. The fourth-order valence-electron chi connectivity index (χ4n) is 2.36. The Morgan fingerprint density at radius 2 is 1.82 bits per heavy atom. The summed E-state index contributed by atoms with van der Waals surface area (Å²) in [6.07, 6.45) is 4.49. The normalized spacial score (nSPS) is 12.6. The number of nitrogens with one attached hydrogen (secondary N) is 4. The summed E-state index contributed by atoms with van der Waals surface area (Å²) in [5.41, 5.74) is 11.2. The van der Waals surface area contributed by atoms with Crippen molar-refractivity contribution in [1.29, 1.82) is 0 Å². The van der Waals surface area contributed by atoms with E-state index < -0.39 is 42.3 Å². The molecule has 0 saturated carbocycles. The van der Waals surface area contributed by atoms with Crippen LogP contribution in [-0.4, -0.2) is 70.5 Å². The molecular formula is C16H27N7O5. The number of aromatic nitrogens is 2. The number of carboxylic acid groups (broad SMARTS) is 1. The number of imidazole rings is 1. The first-order valence-corrected chi connectivity index (χ1v) is 8.84. The number of carbonyl (C=O) groups is 4. The van der Waals surface area contributed by atoms with Crippen LogP contribution in [0.3, 0.4) is 0 Å². The molecule has 0 aromatic carbocycles. The second-order valence-electron chi connectivity index (χ2n) is 6.07. The van der Waals surface area contributed by atoms with E-state index in [1.54, 1.807) is 0 Å². The number of carboxylic acids is 1. The number of unbranched alkanes of at least 4 members (excludes halogenated alkanes) is 1. The maximum atomic E-state index is 12.3. The molecule has 12 nitrogen and oxygen atoms in total. The number of nitrogens with two attached hydrogens (primary N) is 2. The number of aliphatic carboxylic acids is 1. The SMILES string of the molecule is NCCCCC(NC(=O)CNC(=O)C(Cc1cnc[nH]1)NC(=O)CN)C(=O)O. The summed E-state index contributed by atoms with van der Waals surface area (Å²) < 4.78 is 0. The number of hydrogen-bond donors (Lipinski definition) is 7. The van der Waals surface area contributed by atoms with Gasteiger partial charge in [0.1, 0.15) is 12.1 Å². The van der Waals surface area contributed by atoms with Gasteiger partial charge in [-0.25, -0.2) is 9.78 Å². The Balaban J connectivity index is 2.57. The number of rotatable bonds is 13. The minimum Gasteiger partial charge on any atom is -0.480 e. The molecule has 0 aliphatic heterocycles. The molecule has 0 aliphatic carbocycles. The van der Waals surface area contributed by atoms with E-state index in [4.69, 9.17) is 16.6 Å². The van der Waals surface area contributed by atoms with Crippen LogP contribution in [0.5, 0.6) is 0 Å². The highest BCUT2D eigenvalue weighted by atomic mass is 16.4. The monoisotopic (exact) mass is 397 g/mol. The third-order valence-electron chi connectivity index (χ3n) is 3.82. The van der Waals surface area contributed by atoms with Gasteiger partial charge >= 0.3 is 5.97 Å². The van der Waals surface area contributed by atoms with Crippen molar-refractivity contribution in [3.63, 3.8) is 0 Å². The first kappa shape index (κ1) is 23.0. The maximum absolute atomic E-state index is 12.3. The van der Waals surface area contributed by atoms with E-state index >= 15 is 0 Å². The minimum atomic E-state index is -1.16. The molecule has 1 heterocycles. The molecule has 2 unspecified atom stereocenters. The lowest BCUT2D eigenvalue weighted by atomic mass is 10.1. The molecule has 0 radical (unpaired) electrons. The lowest BCUT2D eigenvalue weighted by Gasteiger charge is -2.18. The average molecular weight is 397 g/mol. The predicted octanol–water partition coefficient (Wildman–Crippen LogP) is -2.79. The van der Waals surface area contributed by atoms with Crippen molar-refractivity contribution in [2.24, 2.45) is 11.5 Å². The topological polar surface area (TPSA) is 205 Å². The Morgan fingerprint density at radius 1 is 1.11 bits per heavy atom. The maximum Gasteiger partial charge on any atom is 0.326 e. The van der Waals surface area contributed by atoms with Crippen molar-refractivity contribution in [1.82, 2.24) is 25.9 Å². The Hall–Kier alpha value is -2.99. The van der Waals surface area contributed by atoms with Gasteiger partial charge in [0.05, 0.1) is 19.4 Å². The highest BCUT2D eigenvalue weighted by Gasteiger charge is 2.23. The van der Waals surface area contributed by atoms with Gasteiger partial charge in [0.2, 0.25) is 17.7 Å². The molecule has 2 atom stereocenters. The van der Waals surface area contributed by atoms with Crippen LogP contribution in [0.1, 0.15) is 25.0 Å². The van der Waals surface area contributed by atoms with E-state index in [1.165, 1.54) is 12.5 Å². The van der Waals surface area contributed by atoms with Crippen molar-refractivity contribution in [3.05, 3.63) is 18.2 Å². The summed E-state index contributed by atoms with van der Waals surface area (Å²) in [7, 11) is 0. The molecular weight excluding hydrogens is 370 g/mol. The van der Waals surface area contributed by atoms with Gasteiger partial charge < -0.3 is 37.5 Å². The fraction of sp³-hybridized carbons (Fsp3) is 0.562. The van der Waals surface area contributed by atoms with E-state index in [0.29, 0.717) is 25.1 Å². The summed E-state index contributed by atoms with van der Waals surface area (Å²) in [5, 5.41) is 16.3. The molecule has 0 saturated heterocycles. The van der Waals surface area contributed by atoms with Gasteiger partial charge in [-0.1, -0.05) is 0 Å². The fourth-order valence-corrected chi connectivity index (χ4v) is 2.36. The van der Waals surface area contributed by atoms with Gasteiger partial charge in [-0.15, -0.1) is 0 Å². The van der Waals surface area contributed by atoms with Crippen LogP contribution in [0.4, 0.5) is 0 Å². The van der Waals surface area contributed by atoms with Crippen LogP contribution in [-0.2, 0) is 25.6 Å². The van der Waals surface area contributed by atoms with Gasteiger partial charge in [-0.2, -0.15) is 0 Å². The van der Waals surface area contributed by atoms with Crippen LogP contribution in [0, 0.1) is 0 Å². The molecule has 9 N–H and O–H groups in total. The number of amides is 3. The first-order chi connectivity index (χ1) is 13.4. The summed E-state index contributed by atoms with van der Waals surface area (Å²) in [6.45, 7) is -0.295. The Labute approximate surface area is 161 Å². The van der Waals surface area contributed by atoms with Crippen molar-refractivity contribution >= 4 is 23.7 Å². The van der Waals surface area contributed by atoms with Gasteiger partial charge in [-0.3, -0.25) is 14.4 Å². The van der Waals surface area contributed by atoms with Crippen molar-refractivity contribution in [2.45, 2.75) is 37.8 Å². The summed E-state index contributed by atoms with van der Waals surface area (Å²) in [4.78, 5) is 53.7. The second kappa shape index (κ2) is 12.4. The number of carbonyl (C=O) groups excluding carboxylic acids is 3. The van der Waals surface area contributed by atoms with Gasteiger partial charge in [0.25, 0.3) is 0 Å².